The normalized spacial score (nSPS) is 13.3. The maximum atomic E-state index is 13.2. The molecule has 0 bridgehead atoms. The van der Waals surface area contributed by atoms with E-state index >= 15 is 0 Å². The van der Waals surface area contributed by atoms with Gasteiger partial charge in [0.1, 0.15) is 11.8 Å². The average molecular weight is 640 g/mol. The first-order valence-electron chi connectivity index (χ1n) is 14.9. The van der Waals surface area contributed by atoms with Crippen LogP contribution in [-0.2, 0) is 26.7 Å². The first kappa shape index (κ1) is 35.3. The number of nitrogens with one attached hydrogen (secondary N) is 2. The van der Waals surface area contributed by atoms with Crippen LogP contribution in [0.2, 0.25) is 0 Å². The predicted molar refractivity (Wildman–Crippen MR) is 182 cm³/mol. The zero-order valence-corrected chi connectivity index (χ0v) is 27.7. The van der Waals surface area contributed by atoms with E-state index in [4.69, 9.17) is 4.74 Å². The van der Waals surface area contributed by atoms with Gasteiger partial charge < -0.3 is 20.5 Å². The molecule has 0 aromatic heterocycles. The van der Waals surface area contributed by atoms with E-state index in [1.165, 1.54) is 0 Å². The number of aliphatic carboxylic acids is 1. The van der Waals surface area contributed by atoms with Crippen molar-refractivity contribution < 1.29 is 24.2 Å². The third-order valence-corrected chi connectivity index (χ3v) is 9.33. The number of ether oxygens (including phenoxy) is 1. The van der Waals surface area contributed by atoms with Crippen molar-refractivity contribution in [2.45, 2.75) is 51.1 Å². The molecule has 3 aromatic rings. The highest BCUT2D eigenvalue weighted by Crippen LogP contribution is 2.21. The number of rotatable bonds is 19. The van der Waals surface area contributed by atoms with Crippen LogP contribution in [0.25, 0.3) is 10.8 Å². The molecule has 0 saturated carbocycles. The zero-order chi connectivity index (χ0) is 31.9. The molecule has 0 aliphatic carbocycles. The van der Waals surface area contributed by atoms with Crippen LogP contribution < -0.4 is 15.4 Å². The lowest BCUT2D eigenvalue weighted by Gasteiger charge is -2.31. The van der Waals surface area contributed by atoms with E-state index in [1.54, 1.807) is 30.6 Å². The lowest BCUT2D eigenvalue weighted by molar-refractivity contribution is -0.142. The summed E-state index contributed by atoms with van der Waals surface area (Å²) in [5.41, 5.74) is 2.18. The Morgan fingerprint density at radius 2 is 1.70 bits per heavy atom. The second kappa shape index (κ2) is 18.6. The van der Waals surface area contributed by atoms with Gasteiger partial charge in [-0.25, -0.2) is 4.79 Å². The number of hydrogen-bond donors (Lipinski definition) is 3. The van der Waals surface area contributed by atoms with Crippen LogP contribution >= 0.6 is 23.5 Å². The fourth-order valence-electron chi connectivity index (χ4n) is 4.95. The zero-order valence-electron chi connectivity index (χ0n) is 26.1. The largest absolute Gasteiger partial charge is 0.497 e. The molecule has 10 heteroatoms. The van der Waals surface area contributed by atoms with Gasteiger partial charge in [0, 0.05) is 24.9 Å². The number of carboxylic acid groups (broad SMARTS) is 1. The molecular formula is C34H45N3O5S2. The van der Waals surface area contributed by atoms with Crippen LogP contribution in [-0.4, -0.2) is 77.8 Å². The Morgan fingerprint density at radius 3 is 2.39 bits per heavy atom. The van der Waals surface area contributed by atoms with Crippen molar-refractivity contribution in [3.8, 4) is 5.75 Å². The Labute approximate surface area is 269 Å². The third kappa shape index (κ3) is 11.4. The topological polar surface area (TPSA) is 108 Å². The van der Waals surface area contributed by atoms with E-state index in [1.807, 2.05) is 53.6 Å². The number of hydrogen-bond acceptors (Lipinski definition) is 7. The van der Waals surface area contributed by atoms with Crippen molar-refractivity contribution in [3.63, 3.8) is 0 Å². The molecular weight excluding hydrogens is 595 g/mol. The van der Waals surface area contributed by atoms with E-state index in [-0.39, 0.29) is 30.3 Å². The molecule has 44 heavy (non-hydrogen) atoms. The molecule has 8 nitrogen and oxygen atoms in total. The number of carbonyl (C=O) groups excluding carboxylic acids is 2. The van der Waals surface area contributed by atoms with Gasteiger partial charge in [-0.2, -0.15) is 11.8 Å². The number of fused-ring (bicyclic) bond motifs is 1. The number of amides is 2. The van der Waals surface area contributed by atoms with E-state index in [9.17, 15) is 19.5 Å². The highest BCUT2D eigenvalue weighted by Gasteiger charge is 2.25. The average Bonchev–Trinajstić information content (AvgIpc) is 3.02. The Morgan fingerprint density at radius 1 is 0.977 bits per heavy atom. The van der Waals surface area contributed by atoms with Crippen LogP contribution in [0.15, 0.2) is 66.7 Å². The summed E-state index contributed by atoms with van der Waals surface area (Å²) in [6.45, 7) is 5.14. The second-order valence-corrected chi connectivity index (χ2v) is 12.9. The van der Waals surface area contributed by atoms with Crippen LogP contribution in [0, 0.1) is 5.92 Å². The van der Waals surface area contributed by atoms with Crippen molar-refractivity contribution in [2.75, 3.05) is 38.0 Å². The van der Waals surface area contributed by atoms with Gasteiger partial charge in [0.15, 0.2) is 0 Å². The van der Waals surface area contributed by atoms with Crippen LogP contribution in [0.3, 0.4) is 0 Å². The monoisotopic (exact) mass is 639 g/mol. The molecule has 3 atom stereocenters. The molecule has 3 aromatic carbocycles. The smallest absolute Gasteiger partial charge is 0.326 e. The Bertz CT molecular complexity index is 1350. The Kier molecular flexibility index (Phi) is 14.9. The molecule has 0 heterocycles. The number of carboxylic acids is 1. The number of carbonyl (C=O) groups is 3. The number of methoxy groups -OCH3 is 1. The highest BCUT2D eigenvalue weighted by atomic mass is 32.2. The van der Waals surface area contributed by atoms with Crippen molar-refractivity contribution in [1.29, 1.82) is 0 Å². The van der Waals surface area contributed by atoms with Crippen LogP contribution in [0.4, 0.5) is 0 Å². The first-order chi connectivity index (χ1) is 21.2. The minimum Gasteiger partial charge on any atom is -0.497 e. The first-order valence-corrected chi connectivity index (χ1v) is 17.5. The fourth-order valence-corrected chi connectivity index (χ4v) is 6.23. The lowest BCUT2D eigenvalue weighted by Crippen LogP contribution is -2.51. The minimum atomic E-state index is -1.04. The van der Waals surface area contributed by atoms with Crippen LogP contribution in [0.1, 0.15) is 37.8 Å². The molecule has 0 spiro atoms. The summed E-state index contributed by atoms with van der Waals surface area (Å²) in [4.78, 5) is 40.2. The summed E-state index contributed by atoms with van der Waals surface area (Å²) in [6, 6.07) is 20.9. The summed E-state index contributed by atoms with van der Waals surface area (Å²) >= 11 is 3.10. The summed E-state index contributed by atoms with van der Waals surface area (Å²) in [5.74, 6) is 1.19. The summed E-state index contributed by atoms with van der Waals surface area (Å²) in [7, 11) is 1.64. The molecule has 0 fully saturated rings. The molecule has 0 aliphatic rings. The summed E-state index contributed by atoms with van der Waals surface area (Å²) in [5, 5.41) is 17.8. The maximum absolute atomic E-state index is 13.2. The van der Waals surface area contributed by atoms with Gasteiger partial charge in [-0.1, -0.05) is 74.9 Å². The fraction of sp³-hybridized carbons (Fsp3) is 0.441. The number of thioether (sulfide) groups is 2. The molecule has 238 valence electrons. The van der Waals surface area contributed by atoms with Crippen molar-refractivity contribution in [3.05, 3.63) is 77.9 Å². The molecule has 3 N–H and O–H groups in total. The second-order valence-electron chi connectivity index (χ2n) is 10.9. The van der Waals surface area contributed by atoms with Crippen LogP contribution in [0.5, 0.6) is 5.75 Å². The van der Waals surface area contributed by atoms with Gasteiger partial charge in [0.2, 0.25) is 11.8 Å². The van der Waals surface area contributed by atoms with E-state index in [2.05, 4.69) is 48.7 Å². The predicted octanol–water partition coefficient (Wildman–Crippen LogP) is 5.44. The van der Waals surface area contributed by atoms with Crippen molar-refractivity contribution >= 4 is 52.1 Å². The highest BCUT2D eigenvalue weighted by molar-refractivity contribution is 7.99. The van der Waals surface area contributed by atoms with Crippen molar-refractivity contribution in [1.82, 2.24) is 15.5 Å². The molecule has 0 saturated heterocycles. The van der Waals surface area contributed by atoms with Gasteiger partial charge in [-0.15, -0.1) is 11.8 Å². The molecule has 0 aliphatic heterocycles. The summed E-state index contributed by atoms with van der Waals surface area (Å²) < 4.78 is 5.22. The maximum Gasteiger partial charge on any atom is 0.326 e. The quantitative estimate of drug-likeness (QED) is 0.159. The number of benzene rings is 3. The molecule has 3 rings (SSSR count). The third-order valence-electron chi connectivity index (χ3n) is 7.68. The van der Waals surface area contributed by atoms with Crippen molar-refractivity contribution in [2.24, 2.45) is 5.92 Å². The van der Waals surface area contributed by atoms with Gasteiger partial charge >= 0.3 is 5.97 Å². The lowest BCUT2D eigenvalue weighted by atomic mass is 9.97. The van der Waals surface area contributed by atoms with Gasteiger partial charge in [0.25, 0.3) is 0 Å². The number of nitrogens with zero attached hydrogens (tertiary/aromatic N) is 1. The summed E-state index contributed by atoms with van der Waals surface area (Å²) in [6.07, 6.45) is 3.12. The standard InChI is InChI=1S/C34H45N3O5S2/c1-5-24(2)31(36-33(39)23-44-22-25-13-15-28(42-3)16-14-25)20-37(21-32(38)35-30(34(40)41)17-18-43-4)19-27-11-8-10-26-9-6-7-12-29(26)27/h6-16,24,30-31H,5,17-23H2,1-4H3,(H,35,38)(H,36,39)(H,40,41)/t24-,30-,31+/m0/s1. The molecule has 0 unspecified atom stereocenters. The Hall–Kier alpha value is -3.21. The van der Waals surface area contributed by atoms with E-state index in [0.29, 0.717) is 36.8 Å². The molecule has 2 amide bonds. The van der Waals surface area contributed by atoms with Gasteiger partial charge in [-0.3, -0.25) is 14.5 Å². The van der Waals surface area contributed by atoms with E-state index < -0.39 is 12.0 Å². The Balaban J connectivity index is 1.73. The minimum absolute atomic E-state index is 0.0152. The SMILES string of the molecule is CC[C@H](C)[C@@H](CN(CC(=O)N[C@@H](CCSC)C(=O)O)Cc1cccc2ccccc12)NC(=O)CSCc1ccc(OC)cc1. The molecule has 0 radical (unpaired) electrons. The van der Waals surface area contributed by atoms with Gasteiger partial charge in [-0.05, 0) is 58.4 Å². The van der Waals surface area contributed by atoms with E-state index in [0.717, 1.165) is 34.1 Å². The van der Waals surface area contributed by atoms with Gasteiger partial charge in [0.05, 0.1) is 19.4 Å².